The summed E-state index contributed by atoms with van der Waals surface area (Å²) in [6.45, 7) is 0. The molecule has 3 heterocycles. The van der Waals surface area contributed by atoms with Crippen molar-refractivity contribution in [2.45, 2.75) is 0 Å². The molecular formula is C59H37N5. The van der Waals surface area contributed by atoms with Gasteiger partial charge in [0.05, 0.1) is 27.8 Å². The van der Waals surface area contributed by atoms with Gasteiger partial charge in [-0.1, -0.05) is 170 Å². The van der Waals surface area contributed by atoms with E-state index in [-0.39, 0.29) is 0 Å². The molecule has 298 valence electrons. The van der Waals surface area contributed by atoms with E-state index in [4.69, 9.17) is 15.0 Å². The van der Waals surface area contributed by atoms with Crippen LogP contribution in [0.5, 0.6) is 0 Å². The Morgan fingerprint density at radius 3 is 1.61 bits per heavy atom. The standard InChI is InChI=1S/C59H37N5/c1-3-18-38(19-4-1)42-23-9-12-29-49(42)58-60-57(61-59(62-58)51-36-39-20-7-8-24-43(39)44-25-10-11-26-45(44)51)40-34-35-54-50(37-40)47-28-14-16-32-53(47)64(54)55-33-17-30-48-46-27-13-15-31-52(46)63(56(48)55)41-21-5-2-6-22-41/h1-37H. The molecule has 0 atom stereocenters. The van der Waals surface area contributed by atoms with Crippen molar-refractivity contribution in [3.63, 3.8) is 0 Å². The summed E-state index contributed by atoms with van der Waals surface area (Å²) in [5.41, 5.74) is 11.8. The van der Waals surface area contributed by atoms with E-state index in [9.17, 15) is 0 Å². The van der Waals surface area contributed by atoms with E-state index >= 15 is 0 Å². The lowest BCUT2D eigenvalue weighted by Gasteiger charge is -2.15. The molecule has 5 heteroatoms. The Bertz CT molecular complexity index is 3960. The van der Waals surface area contributed by atoms with E-state index < -0.39 is 0 Å². The number of benzene rings is 10. The third kappa shape index (κ3) is 5.61. The molecule has 5 nitrogen and oxygen atoms in total. The average molecular weight is 816 g/mol. The molecule has 0 fully saturated rings. The van der Waals surface area contributed by atoms with Gasteiger partial charge in [-0.05, 0) is 87.3 Å². The van der Waals surface area contributed by atoms with E-state index in [2.05, 4.69) is 228 Å². The predicted molar refractivity (Wildman–Crippen MR) is 265 cm³/mol. The van der Waals surface area contributed by atoms with E-state index in [1.54, 1.807) is 0 Å². The molecule has 3 aromatic heterocycles. The molecule has 0 amide bonds. The molecule has 13 rings (SSSR count). The van der Waals surface area contributed by atoms with Crippen molar-refractivity contribution in [1.82, 2.24) is 24.1 Å². The van der Waals surface area contributed by atoms with Crippen LogP contribution in [0.3, 0.4) is 0 Å². The predicted octanol–water partition coefficient (Wildman–Crippen LogP) is 15.0. The molecule has 0 aliphatic rings. The lowest BCUT2D eigenvalue weighted by atomic mass is 9.96. The Labute approximate surface area is 368 Å². The molecule has 0 spiro atoms. The first-order valence-electron chi connectivity index (χ1n) is 21.7. The Kier molecular flexibility index (Phi) is 8.15. The number of hydrogen-bond donors (Lipinski definition) is 0. The Hall–Kier alpha value is -8.67. The number of aromatic nitrogens is 5. The van der Waals surface area contributed by atoms with Gasteiger partial charge in [-0.15, -0.1) is 0 Å². The third-order valence-corrected chi connectivity index (χ3v) is 12.8. The number of hydrogen-bond acceptors (Lipinski definition) is 3. The molecule has 64 heavy (non-hydrogen) atoms. The van der Waals surface area contributed by atoms with Crippen LogP contribution in [0, 0.1) is 0 Å². The fourth-order valence-corrected chi connectivity index (χ4v) is 9.93. The fourth-order valence-electron chi connectivity index (χ4n) is 9.93. The second-order valence-corrected chi connectivity index (χ2v) is 16.4. The first kappa shape index (κ1) is 36.0. The van der Waals surface area contributed by atoms with Gasteiger partial charge in [0.25, 0.3) is 0 Å². The summed E-state index contributed by atoms with van der Waals surface area (Å²) in [6, 6.07) is 79.7. The monoisotopic (exact) mass is 815 g/mol. The molecule has 0 unspecified atom stereocenters. The fraction of sp³-hybridized carbons (Fsp3) is 0. The van der Waals surface area contributed by atoms with Crippen molar-refractivity contribution >= 4 is 65.2 Å². The average Bonchev–Trinajstić information content (AvgIpc) is 3.89. The summed E-state index contributed by atoms with van der Waals surface area (Å²) in [5.74, 6) is 1.87. The van der Waals surface area contributed by atoms with Crippen molar-refractivity contribution in [3.8, 4) is 56.7 Å². The molecule has 0 aliphatic carbocycles. The summed E-state index contributed by atoms with van der Waals surface area (Å²) >= 11 is 0. The molecule has 0 N–H and O–H groups in total. The number of fused-ring (bicyclic) bond motifs is 9. The van der Waals surface area contributed by atoms with Crippen LogP contribution in [-0.2, 0) is 0 Å². The van der Waals surface area contributed by atoms with Crippen molar-refractivity contribution in [1.29, 1.82) is 0 Å². The van der Waals surface area contributed by atoms with Gasteiger partial charge in [0, 0.05) is 43.9 Å². The van der Waals surface area contributed by atoms with E-state index in [1.807, 2.05) is 6.07 Å². The van der Waals surface area contributed by atoms with Crippen molar-refractivity contribution < 1.29 is 0 Å². The summed E-state index contributed by atoms with van der Waals surface area (Å²) in [4.78, 5) is 16.1. The topological polar surface area (TPSA) is 48.5 Å². The SMILES string of the molecule is c1ccc(-c2ccccc2-c2nc(-c3ccc4c(c3)c3ccccc3n4-c3cccc4c5ccccc5n(-c5ccccc5)c34)nc(-c3cc4ccccc4c4ccccc34)n2)cc1. The summed E-state index contributed by atoms with van der Waals surface area (Å²) in [7, 11) is 0. The minimum absolute atomic E-state index is 0.616. The Morgan fingerprint density at radius 2 is 0.828 bits per heavy atom. The zero-order valence-corrected chi connectivity index (χ0v) is 34.6. The van der Waals surface area contributed by atoms with Crippen LogP contribution in [0.2, 0.25) is 0 Å². The molecule has 0 saturated carbocycles. The third-order valence-electron chi connectivity index (χ3n) is 12.8. The Balaban J connectivity index is 1.07. The van der Waals surface area contributed by atoms with Gasteiger partial charge in [0.2, 0.25) is 0 Å². The van der Waals surface area contributed by atoms with Crippen LogP contribution in [0.1, 0.15) is 0 Å². The number of para-hydroxylation sites is 4. The zero-order chi connectivity index (χ0) is 42.1. The summed E-state index contributed by atoms with van der Waals surface area (Å²) in [6.07, 6.45) is 0. The van der Waals surface area contributed by atoms with Gasteiger partial charge in [-0.2, -0.15) is 0 Å². The molecule has 0 saturated heterocycles. The zero-order valence-electron chi connectivity index (χ0n) is 34.6. The van der Waals surface area contributed by atoms with Gasteiger partial charge in [0.15, 0.2) is 17.5 Å². The van der Waals surface area contributed by atoms with Crippen LogP contribution in [0.25, 0.3) is 122 Å². The smallest absolute Gasteiger partial charge is 0.164 e. The molecule has 13 aromatic rings. The Morgan fingerprint density at radius 1 is 0.281 bits per heavy atom. The number of nitrogens with zero attached hydrogens (tertiary/aromatic N) is 5. The summed E-state index contributed by atoms with van der Waals surface area (Å²) < 4.78 is 4.84. The highest BCUT2D eigenvalue weighted by molar-refractivity contribution is 6.16. The highest BCUT2D eigenvalue weighted by atomic mass is 15.1. The maximum atomic E-state index is 5.39. The maximum absolute atomic E-state index is 5.39. The lowest BCUT2D eigenvalue weighted by molar-refractivity contribution is 1.08. The van der Waals surface area contributed by atoms with E-state index in [0.29, 0.717) is 17.5 Å². The van der Waals surface area contributed by atoms with E-state index in [1.165, 1.54) is 27.1 Å². The molecular weight excluding hydrogens is 779 g/mol. The van der Waals surface area contributed by atoms with Gasteiger partial charge in [-0.25, -0.2) is 15.0 Å². The van der Waals surface area contributed by atoms with Gasteiger partial charge >= 0.3 is 0 Å². The van der Waals surface area contributed by atoms with Crippen molar-refractivity contribution in [2.24, 2.45) is 0 Å². The largest absolute Gasteiger partial charge is 0.307 e. The summed E-state index contributed by atoms with van der Waals surface area (Å²) in [5, 5.41) is 9.32. The number of rotatable bonds is 6. The highest BCUT2D eigenvalue weighted by Gasteiger charge is 2.22. The van der Waals surface area contributed by atoms with Crippen LogP contribution < -0.4 is 0 Å². The van der Waals surface area contributed by atoms with Crippen LogP contribution in [0.4, 0.5) is 0 Å². The second kappa shape index (κ2) is 14.5. The quantitative estimate of drug-likeness (QED) is 0.157. The van der Waals surface area contributed by atoms with Gasteiger partial charge in [0.1, 0.15) is 0 Å². The van der Waals surface area contributed by atoms with Crippen LogP contribution in [0.15, 0.2) is 224 Å². The molecule has 10 aromatic carbocycles. The normalized spacial score (nSPS) is 11.8. The minimum atomic E-state index is 0.616. The van der Waals surface area contributed by atoms with Crippen LogP contribution >= 0.6 is 0 Å². The first-order valence-corrected chi connectivity index (χ1v) is 21.7. The second-order valence-electron chi connectivity index (χ2n) is 16.4. The lowest BCUT2D eigenvalue weighted by Crippen LogP contribution is -2.02. The van der Waals surface area contributed by atoms with Gasteiger partial charge in [-0.3, -0.25) is 0 Å². The maximum Gasteiger partial charge on any atom is 0.164 e. The van der Waals surface area contributed by atoms with Crippen LogP contribution in [-0.4, -0.2) is 24.1 Å². The highest BCUT2D eigenvalue weighted by Crippen LogP contribution is 2.42. The first-order chi connectivity index (χ1) is 31.8. The molecule has 0 aliphatic heterocycles. The van der Waals surface area contributed by atoms with Crippen molar-refractivity contribution in [3.05, 3.63) is 224 Å². The molecule has 0 bridgehead atoms. The van der Waals surface area contributed by atoms with E-state index in [0.717, 1.165) is 77.3 Å². The van der Waals surface area contributed by atoms with Gasteiger partial charge < -0.3 is 9.13 Å². The molecule has 0 radical (unpaired) electrons. The van der Waals surface area contributed by atoms with Crippen molar-refractivity contribution in [2.75, 3.05) is 0 Å². The minimum Gasteiger partial charge on any atom is -0.307 e.